The van der Waals surface area contributed by atoms with Crippen molar-refractivity contribution in [3.63, 3.8) is 0 Å². The molecule has 36 heavy (non-hydrogen) atoms. The third-order valence-corrected chi connectivity index (χ3v) is 6.26. The first-order valence-corrected chi connectivity index (χ1v) is 12.5. The van der Waals surface area contributed by atoms with Crippen molar-refractivity contribution in [2.75, 3.05) is 6.61 Å². The van der Waals surface area contributed by atoms with E-state index < -0.39 is 10.9 Å². The van der Waals surface area contributed by atoms with E-state index in [0.29, 0.717) is 45.9 Å². The molecule has 0 N–H and O–H groups in total. The van der Waals surface area contributed by atoms with Crippen molar-refractivity contribution in [1.82, 2.24) is 0 Å². The Labute approximate surface area is 224 Å². The van der Waals surface area contributed by atoms with Crippen molar-refractivity contribution in [1.29, 1.82) is 0 Å². The Kier molecular flexibility index (Phi) is 7.85. The summed E-state index contributed by atoms with van der Waals surface area (Å²) in [4.78, 5) is 27.5. The SMILES string of the molecule is CCOc1cc(/C=C2\N=C(c3ccc(C)c([N+](=O)[O-])c3)OC2=O)cc(Br)c1OCc1cccc(Br)c1. The quantitative estimate of drug-likeness (QED) is 0.120. The summed E-state index contributed by atoms with van der Waals surface area (Å²) in [5.74, 6) is 0.382. The largest absolute Gasteiger partial charge is 0.490 e. The van der Waals surface area contributed by atoms with Gasteiger partial charge in [0.05, 0.1) is 16.0 Å². The molecule has 3 aromatic carbocycles. The smallest absolute Gasteiger partial charge is 0.363 e. The van der Waals surface area contributed by atoms with E-state index in [-0.39, 0.29) is 17.3 Å². The van der Waals surface area contributed by atoms with Gasteiger partial charge in [-0.1, -0.05) is 34.1 Å². The van der Waals surface area contributed by atoms with Gasteiger partial charge in [-0.05, 0) is 77.3 Å². The average Bonchev–Trinajstić information content (AvgIpc) is 3.19. The molecule has 0 amide bonds. The van der Waals surface area contributed by atoms with Crippen LogP contribution in [-0.2, 0) is 16.1 Å². The number of carbonyl (C=O) groups is 1. The van der Waals surface area contributed by atoms with Gasteiger partial charge in [-0.15, -0.1) is 0 Å². The molecule has 1 heterocycles. The molecule has 0 saturated carbocycles. The highest BCUT2D eigenvalue weighted by molar-refractivity contribution is 9.10. The zero-order valence-corrected chi connectivity index (χ0v) is 22.5. The lowest BCUT2D eigenvalue weighted by molar-refractivity contribution is -0.385. The van der Waals surface area contributed by atoms with Gasteiger partial charge in [0.15, 0.2) is 17.2 Å². The van der Waals surface area contributed by atoms with Crippen molar-refractivity contribution < 1.29 is 23.9 Å². The van der Waals surface area contributed by atoms with Crippen LogP contribution in [0, 0.1) is 17.0 Å². The molecule has 0 spiro atoms. The summed E-state index contributed by atoms with van der Waals surface area (Å²) in [6.07, 6.45) is 1.56. The first-order chi connectivity index (χ1) is 17.2. The fourth-order valence-electron chi connectivity index (χ4n) is 3.49. The molecule has 0 fully saturated rings. The maximum atomic E-state index is 12.5. The van der Waals surface area contributed by atoms with Gasteiger partial charge >= 0.3 is 5.97 Å². The first-order valence-electron chi connectivity index (χ1n) is 10.9. The van der Waals surface area contributed by atoms with Gasteiger partial charge in [0.25, 0.3) is 5.69 Å². The van der Waals surface area contributed by atoms with Gasteiger partial charge < -0.3 is 14.2 Å². The summed E-state index contributed by atoms with van der Waals surface area (Å²) in [6.45, 7) is 4.25. The molecular formula is C26H20Br2N2O6. The first kappa shape index (κ1) is 25.6. The minimum Gasteiger partial charge on any atom is -0.490 e. The summed E-state index contributed by atoms with van der Waals surface area (Å²) >= 11 is 6.99. The van der Waals surface area contributed by atoms with Crippen LogP contribution in [0.2, 0.25) is 0 Å². The third kappa shape index (κ3) is 5.83. The van der Waals surface area contributed by atoms with Gasteiger partial charge in [-0.25, -0.2) is 9.79 Å². The fourth-order valence-corrected chi connectivity index (χ4v) is 4.51. The molecule has 0 bridgehead atoms. The number of benzene rings is 3. The number of rotatable bonds is 8. The third-order valence-electron chi connectivity index (χ3n) is 5.18. The van der Waals surface area contributed by atoms with Crippen LogP contribution in [0.1, 0.15) is 29.2 Å². The number of ether oxygens (including phenoxy) is 3. The molecule has 184 valence electrons. The Morgan fingerprint density at radius 2 is 1.92 bits per heavy atom. The predicted molar refractivity (Wildman–Crippen MR) is 142 cm³/mol. The second kappa shape index (κ2) is 11.0. The van der Waals surface area contributed by atoms with Crippen LogP contribution >= 0.6 is 31.9 Å². The van der Waals surface area contributed by atoms with E-state index in [1.807, 2.05) is 31.2 Å². The van der Waals surface area contributed by atoms with E-state index in [1.54, 1.807) is 37.3 Å². The highest BCUT2D eigenvalue weighted by Crippen LogP contribution is 2.38. The van der Waals surface area contributed by atoms with Gasteiger partial charge in [0.2, 0.25) is 5.90 Å². The summed E-state index contributed by atoms with van der Waals surface area (Å²) in [7, 11) is 0. The molecule has 10 heteroatoms. The second-order valence-electron chi connectivity index (χ2n) is 7.78. The molecule has 0 radical (unpaired) electrons. The number of halogens is 2. The number of aliphatic imine (C=N–C) groups is 1. The average molecular weight is 616 g/mol. The summed E-state index contributed by atoms with van der Waals surface area (Å²) in [5, 5.41) is 11.3. The standard InChI is InChI=1S/C26H20Br2N2O6/c1-3-34-23-12-17(10-20(28)24(23)35-14-16-5-4-6-19(27)9-16)11-21-26(31)36-25(29-21)18-8-7-15(2)22(13-18)30(32)33/h4-13H,3,14H2,1-2H3/b21-11-. The molecule has 3 aromatic rings. The minimum atomic E-state index is -0.655. The maximum Gasteiger partial charge on any atom is 0.363 e. The number of carbonyl (C=O) groups excluding carboxylic acids is 1. The number of hydrogen-bond acceptors (Lipinski definition) is 7. The number of aryl methyl sites for hydroxylation is 1. The van der Waals surface area contributed by atoms with E-state index in [0.717, 1.165) is 10.0 Å². The maximum absolute atomic E-state index is 12.5. The molecule has 0 aliphatic carbocycles. The van der Waals surface area contributed by atoms with Crippen LogP contribution in [0.3, 0.4) is 0 Å². The number of esters is 1. The number of cyclic esters (lactones) is 1. The highest BCUT2D eigenvalue weighted by Gasteiger charge is 2.26. The number of hydrogen-bond donors (Lipinski definition) is 0. The fraction of sp³-hybridized carbons (Fsp3) is 0.154. The Hall–Kier alpha value is -3.50. The molecule has 1 aliphatic rings. The van der Waals surface area contributed by atoms with Crippen molar-refractivity contribution >= 4 is 55.5 Å². The molecular weight excluding hydrogens is 596 g/mol. The molecule has 0 atom stereocenters. The zero-order valence-electron chi connectivity index (χ0n) is 19.3. The van der Waals surface area contributed by atoms with Crippen molar-refractivity contribution in [2.45, 2.75) is 20.5 Å². The van der Waals surface area contributed by atoms with Gasteiger partial charge in [0, 0.05) is 21.7 Å². The van der Waals surface area contributed by atoms with E-state index in [1.165, 1.54) is 6.07 Å². The van der Waals surface area contributed by atoms with E-state index in [9.17, 15) is 14.9 Å². The lowest BCUT2D eigenvalue weighted by Gasteiger charge is -2.15. The normalized spacial score (nSPS) is 13.9. The topological polar surface area (TPSA) is 100 Å². The van der Waals surface area contributed by atoms with E-state index in [4.69, 9.17) is 14.2 Å². The number of nitro groups is 1. The van der Waals surface area contributed by atoms with Gasteiger partial charge in [0.1, 0.15) is 6.61 Å². The molecule has 4 rings (SSSR count). The van der Waals surface area contributed by atoms with Crippen LogP contribution in [0.15, 0.2) is 74.2 Å². The van der Waals surface area contributed by atoms with Crippen molar-refractivity contribution in [3.05, 3.63) is 102 Å². The van der Waals surface area contributed by atoms with E-state index >= 15 is 0 Å². The van der Waals surface area contributed by atoms with Crippen LogP contribution in [-0.4, -0.2) is 23.4 Å². The van der Waals surface area contributed by atoms with Crippen LogP contribution < -0.4 is 9.47 Å². The number of nitrogens with zero attached hydrogens (tertiary/aromatic N) is 2. The van der Waals surface area contributed by atoms with Gasteiger partial charge in [-0.2, -0.15) is 0 Å². The Balaban J connectivity index is 1.63. The van der Waals surface area contributed by atoms with Crippen molar-refractivity contribution in [2.24, 2.45) is 4.99 Å². The Morgan fingerprint density at radius 1 is 1.11 bits per heavy atom. The zero-order chi connectivity index (χ0) is 25.8. The lowest BCUT2D eigenvalue weighted by Crippen LogP contribution is -2.06. The summed E-state index contributed by atoms with van der Waals surface area (Å²) < 4.78 is 18.7. The Bertz CT molecular complexity index is 1420. The van der Waals surface area contributed by atoms with Crippen molar-refractivity contribution in [3.8, 4) is 11.5 Å². The van der Waals surface area contributed by atoms with Gasteiger partial charge in [-0.3, -0.25) is 10.1 Å². The molecule has 0 unspecified atom stereocenters. The molecule has 0 saturated heterocycles. The van der Waals surface area contributed by atoms with Crippen LogP contribution in [0.4, 0.5) is 5.69 Å². The molecule has 1 aliphatic heterocycles. The molecule has 8 nitrogen and oxygen atoms in total. The summed E-state index contributed by atoms with van der Waals surface area (Å²) in [5.41, 5.74) is 2.44. The number of nitro benzene ring substituents is 1. The van der Waals surface area contributed by atoms with Crippen LogP contribution in [0.25, 0.3) is 6.08 Å². The minimum absolute atomic E-state index is 0.00687. The molecule has 0 aromatic heterocycles. The van der Waals surface area contributed by atoms with E-state index in [2.05, 4.69) is 36.9 Å². The summed E-state index contributed by atoms with van der Waals surface area (Å²) in [6, 6.07) is 15.9. The second-order valence-corrected chi connectivity index (χ2v) is 9.55. The van der Waals surface area contributed by atoms with Crippen LogP contribution in [0.5, 0.6) is 11.5 Å². The Morgan fingerprint density at radius 3 is 2.64 bits per heavy atom. The highest BCUT2D eigenvalue weighted by atomic mass is 79.9. The monoisotopic (exact) mass is 614 g/mol. The lowest BCUT2D eigenvalue weighted by atomic mass is 10.1. The predicted octanol–water partition coefficient (Wildman–Crippen LogP) is 6.75.